The maximum absolute atomic E-state index is 13.4. The summed E-state index contributed by atoms with van der Waals surface area (Å²) in [6.07, 6.45) is 3.87. The van der Waals surface area contributed by atoms with Gasteiger partial charge in [0.05, 0.1) is 23.6 Å². The number of benzene rings is 1. The van der Waals surface area contributed by atoms with E-state index in [4.69, 9.17) is 4.74 Å². The summed E-state index contributed by atoms with van der Waals surface area (Å²) in [6.45, 7) is 2.39. The number of hydrogen-bond donors (Lipinski definition) is 0. The number of rotatable bonds is 2. The van der Waals surface area contributed by atoms with Crippen LogP contribution in [0.4, 0.5) is 4.39 Å². The van der Waals surface area contributed by atoms with Gasteiger partial charge in [0.25, 0.3) is 0 Å². The zero-order chi connectivity index (χ0) is 15.0. The highest BCUT2D eigenvalue weighted by Gasteiger charge is 2.40. The van der Waals surface area contributed by atoms with Crippen molar-refractivity contribution in [1.82, 2.24) is 4.31 Å². The number of sulfonamides is 1. The van der Waals surface area contributed by atoms with Gasteiger partial charge in [-0.05, 0) is 43.5 Å². The van der Waals surface area contributed by atoms with Crippen molar-refractivity contribution in [2.45, 2.75) is 49.6 Å². The molecule has 2 atom stereocenters. The summed E-state index contributed by atoms with van der Waals surface area (Å²) in [5, 5.41) is 0. The molecule has 116 valence electrons. The van der Waals surface area contributed by atoms with Crippen molar-refractivity contribution >= 4 is 10.0 Å². The van der Waals surface area contributed by atoms with Gasteiger partial charge in [0.15, 0.2) is 0 Å². The third kappa shape index (κ3) is 2.72. The Kier molecular flexibility index (Phi) is 4.03. The molecule has 0 spiro atoms. The molecule has 21 heavy (non-hydrogen) atoms. The first-order valence-corrected chi connectivity index (χ1v) is 8.84. The second kappa shape index (κ2) is 5.66. The quantitative estimate of drug-likeness (QED) is 0.842. The number of nitrogens with zero attached hydrogens (tertiary/aromatic N) is 1. The molecule has 0 bridgehead atoms. The number of fused-ring (bicyclic) bond motifs is 1. The van der Waals surface area contributed by atoms with E-state index in [1.54, 1.807) is 11.2 Å². The van der Waals surface area contributed by atoms with Gasteiger partial charge in [-0.25, -0.2) is 12.8 Å². The van der Waals surface area contributed by atoms with Crippen molar-refractivity contribution in [3.8, 4) is 0 Å². The van der Waals surface area contributed by atoms with Crippen LogP contribution in [0.3, 0.4) is 0 Å². The molecular formula is C15H20FNO3S. The van der Waals surface area contributed by atoms with E-state index in [9.17, 15) is 12.8 Å². The summed E-state index contributed by atoms with van der Waals surface area (Å²) in [7, 11) is -3.59. The predicted octanol–water partition coefficient (Wildman–Crippen LogP) is 2.47. The van der Waals surface area contributed by atoms with Crippen molar-refractivity contribution in [3.63, 3.8) is 0 Å². The van der Waals surface area contributed by atoms with Crippen molar-refractivity contribution in [3.05, 3.63) is 29.6 Å². The van der Waals surface area contributed by atoms with E-state index < -0.39 is 10.0 Å². The fourth-order valence-electron chi connectivity index (χ4n) is 3.27. The summed E-state index contributed by atoms with van der Waals surface area (Å²) >= 11 is 0. The number of halogens is 1. The largest absolute Gasteiger partial charge is 0.375 e. The minimum absolute atomic E-state index is 0.00354. The van der Waals surface area contributed by atoms with Crippen LogP contribution in [0.25, 0.3) is 0 Å². The maximum Gasteiger partial charge on any atom is 0.243 e. The molecule has 2 fully saturated rings. The number of morpholine rings is 1. The summed E-state index contributed by atoms with van der Waals surface area (Å²) < 4.78 is 46.4. The Morgan fingerprint density at radius 2 is 2.05 bits per heavy atom. The van der Waals surface area contributed by atoms with Crippen LogP contribution in [-0.4, -0.2) is 38.0 Å². The van der Waals surface area contributed by atoms with Gasteiger partial charge in [-0.15, -0.1) is 0 Å². The lowest BCUT2D eigenvalue weighted by Crippen LogP contribution is -2.54. The Bertz CT molecular complexity index is 630. The number of hydrogen-bond acceptors (Lipinski definition) is 3. The molecule has 0 radical (unpaired) electrons. The van der Waals surface area contributed by atoms with E-state index in [-0.39, 0.29) is 22.9 Å². The first-order valence-electron chi connectivity index (χ1n) is 7.40. The fourth-order valence-corrected chi connectivity index (χ4v) is 5.02. The highest BCUT2D eigenvalue weighted by Crippen LogP contribution is 2.32. The van der Waals surface area contributed by atoms with Crippen molar-refractivity contribution < 1.29 is 17.5 Å². The summed E-state index contributed by atoms with van der Waals surface area (Å²) in [6, 6.07) is 3.91. The monoisotopic (exact) mass is 313 g/mol. The number of ether oxygens (including phenoxy) is 1. The molecular weight excluding hydrogens is 293 g/mol. The molecule has 0 unspecified atom stereocenters. The van der Waals surface area contributed by atoms with Gasteiger partial charge >= 0.3 is 0 Å². The Morgan fingerprint density at radius 1 is 1.29 bits per heavy atom. The van der Waals surface area contributed by atoms with E-state index in [0.29, 0.717) is 18.7 Å². The van der Waals surface area contributed by atoms with Gasteiger partial charge in [-0.2, -0.15) is 4.31 Å². The van der Waals surface area contributed by atoms with Crippen molar-refractivity contribution in [1.29, 1.82) is 0 Å². The molecule has 6 heteroatoms. The molecule has 0 N–H and O–H groups in total. The first-order chi connectivity index (χ1) is 10.00. The van der Waals surface area contributed by atoms with E-state index in [1.807, 2.05) is 0 Å². The van der Waals surface area contributed by atoms with Crippen LogP contribution < -0.4 is 0 Å². The smallest absolute Gasteiger partial charge is 0.243 e. The lowest BCUT2D eigenvalue weighted by Gasteiger charge is -2.42. The third-order valence-corrected chi connectivity index (χ3v) is 6.34. The van der Waals surface area contributed by atoms with Gasteiger partial charge in [-0.3, -0.25) is 0 Å². The van der Waals surface area contributed by atoms with E-state index in [1.165, 1.54) is 18.2 Å². The molecule has 4 nitrogen and oxygen atoms in total. The van der Waals surface area contributed by atoms with Gasteiger partial charge in [0, 0.05) is 6.54 Å². The first kappa shape index (κ1) is 14.9. The van der Waals surface area contributed by atoms with Crippen molar-refractivity contribution in [2.75, 3.05) is 13.2 Å². The molecule has 0 amide bonds. The van der Waals surface area contributed by atoms with Crippen LogP contribution in [0.2, 0.25) is 0 Å². The van der Waals surface area contributed by atoms with E-state index in [2.05, 4.69) is 0 Å². The highest BCUT2D eigenvalue weighted by molar-refractivity contribution is 7.89. The lowest BCUT2D eigenvalue weighted by atomic mass is 9.91. The second-order valence-corrected chi connectivity index (χ2v) is 7.68. The van der Waals surface area contributed by atoms with Crippen LogP contribution in [-0.2, 0) is 14.8 Å². The maximum atomic E-state index is 13.4. The van der Waals surface area contributed by atoms with E-state index >= 15 is 0 Å². The molecule has 0 aromatic heterocycles. The van der Waals surface area contributed by atoms with Gasteiger partial charge in [0.1, 0.15) is 5.82 Å². The molecule has 1 saturated heterocycles. The topological polar surface area (TPSA) is 46.6 Å². The van der Waals surface area contributed by atoms with Crippen LogP contribution in [0.15, 0.2) is 23.1 Å². The molecule has 1 aliphatic heterocycles. The van der Waals surface area contributed by atoms with Crippen molar-refractivity contribution in [2.24, 2.45) is 0 Å². The average Bonchev–Trinajstić information content (AvgIpc) is 2.49. The van der Waals surface area contributed by atoms with Gasteiger partial charge < -0.3 is 4.74 Å². The van der Waals surface area contributed by atoms with E-state index in [0.717, 1.165) is 25.7 Å². The molecule has 1 aromatic carbocycles. The molecule has 1 heterocycles. The third-order valence-electron chi connectivity index (χ3n) is 4.42. The Morgan fingerprint density at radius 3 is 2.81 bits per heavy atom. The number of aryl methyl sites for hydroxylation is 1. The zero-order valence-electron chi connectivity index (χ0n) is 12.1. The zero-order valence-corrected chi connectivity index (χ0v) is 12.9. The Balaban J connectivity index is 1.94. The average molecular weight is 313 g/mol. The van der Waals surface area contributed by atoms with Crippen LogP contribution in [0, 0.1) is 12.7 Å². The SMILES string of the molecule is Cc1cc(S(=O)(=O)N2CCO[C@@H]3CCCC[C@@H]32)ccc1F. The molecule has 2 aliphatic rings. The normalized spacial score (nSPS) is 27.3. The minimum Gasteiger partial charge on any atom is -0.375 e. The Hall–Kier alpha value is -0.980. The van der Waals surface area contributed by atoms with Gasteiger partial charge in [-0.1, -0.05) is 12.8 Å². The predicted molar refractivity (Wildman–Crippen MR) is 77.0 cm³/mol. The molecule has 3 rings (SSSR count). The van der Waals surface area contributed by atoms with Crippen LogP contribution in [0.1, 0.15) is 31.2 Å². The van der Waals surface area contributed by atoms with Gasteiger partial charge in [0.2, 0.25) is 10.0 Å². The fraction of sp³-hybridized carbons (Fsp3) is 0.600. The minimum atomic E-state index is -3.59. The Labute approximate surface area is 125 Å². The lowest BCUT2D eigenvalue weighted by molar-refractivity contribution is -0.0586. The summed E-state index contributed by atoms with van der Waals surface area (Å²) in [5.74, 6) is -0.383. The summed E-state index contributed by atoms with van der Waals surface area (Å²) in [4.78, 5) is 0.174. The molecule has 1 saturated carbocycles. The molecule has 1 aromatic rings. The molecule has 1 aliphatic carbocycles. The standard InChI is InChI=1S/C15H20FNO3S/c1-11-10-12(6-7-13(11)16)21(18,19)17-8-9-20-15-5-3-2-4-14(15)17/h6-7,10,14-15H,2-5,8-9H2,1H3/t14-,15+/m0/s1. The second-order valence-electron chi connectivity index (χ2n) is 5.79. The highest BCUT2D eigenvalue weighted by atomic mass is 32.2. The summed E-state index contributed by atoms with van der Waals surface area (Å²) in [5.41, 5.74) is 0.351. The van der Waals surface area contributed by atoms with Crippen LogP contribution in [0.5, 0.6) is 0 Å². The van der Waals surface area contributed by atoms with Crippen LogP contribution >= 0.6 is 0 Å².